The standard InChI is InChI=1S/C11H23N3O2S2/c1-10(2)9-14(8-5-11(12)17)18(15,16)13-6-3-4-7-13/h10H,3-9H2,1-2H3,(H2,12,17). The van der Waals surface area contributed by atoms with E-state index in [9.17, 15) is 8.42 Å². The summed E-state index contributed by atoms with van der Waals surface area (Å²) in [6, 6.07) is 0. The number of thiocarbonyl (C=S) groups is 1. The Kier molecular flexibility index (Phi) is 5.97. The van der Waals surface area contributed by atoms with Crippen LogP contribution in [0.5, 0.6) is 0 Å². The van der Waals surface area contributed by atoms with Crippen molar-refractivity contribution in [1.82, 2.24) is 8.61 Å². The molecule has 1 saturated heterocycles. The molecule has 0 radical (unpaired) electrons. The van der Waals surface area contributed by atoms with E-state index in [2.05, 4.69) is 0 Å². The minimum Gasteiger partial charge on any atom is -0.393 e. The fraction of sp³-hybridized carbons (Fsp3) is 0.909. The summed E-state index contributed by atoms with van der Waals surface area (Å²) >= 11 is 4.83. The lowest BCUT2D eigenvalue weighted by Gasteiger charge is -2.28. The molecule has 1 aliphatic rings. The monoisotopic (exact) mass is 293 g/mol. The molecule has 18 heavy (non-hydrogen) atoms. The third-order valence-electron chi connectivity index (χ3n) is 2.89. The molecule has 1 aliphatic heterocycles. The summed E-state index contributed by atoms with van der Waals surface area (Å²) < 4.78 is 28.0. The van der Waals surface area contributed by atoms with E-state index < -0.39 is 10.2 Å². The minimum absolute atomic E-state index is 0.286. The molecule has 0 spiro atoms. The van der Waals surface area contributed by atoms with Crippen LogP contribution in [0.15, 0.2) is 0 Å². The highest BCUT2D eigenvalue weighted by atomic mass is 32.2. The lowest BCUT2D eigenvalue weighted by Crippen LogP contribution is -2.45. The average Bonchev–Trinajstić information content (AvgIpc) is 2.76. The van der Waals surface area contributed by atoms with Crippen LogP contribution in [-0.2, 0) is 10.2 Å². The van der Waals surface area contributed by atoms with E-state index >= 15 is 0 Å². The highest BCUT2D eigenvalue weighted by molar-refractivity contribution is 7.86. The molecule has 0 amide bonds. The van der Waals surface area contributed by atoms with E-state index in [4.69, 9.17) is 18.0 Å². The molecule has 1 heterocycles. The van der Waals surface area contributed by atoms with Gasteiger partial charge in [0.15, 0.2) is 0 Å². The molecular formula is C11H23N3O2S2. The zero-order valence-electron chi connectivity index (χ0n) is 11.1. The summed E-state index contributed by atoms with van der Waals surface area (Å²) in [5.74, 6) is 0.286. The van der Waals surface area contributed by atoms with E-state index in [0.717, 1.165) is 12.8 Å². The van der Waals surface area contributed by atoms with Crippen molar-refractivity contribution in [2.45, 2.75) is 33.1 Å². The Balaban J connectivity index is 2.76. The summed E-state index contributed by atoms with van der Waals surface area (Å²) in [5, 5.41) is 0. The Labute approximate surface area is 115 Å². The summed E-state index contributed by atoms with van der Waals surface area (Å²) in [6.07, 6.45) is 2.34. The first-order valence-corrected chi connectivity index (χ1v) is 8.18. The molecule has 2 N–H and O–H groups in total. The van der Waals surface area contributed by atoms with Crippen molar-refractivity contribution in [2.75, 3.05) is 26.2 Å². The van der Waals surface area contributed by atoms with Crippen LogP contribution in [-0.4, -0.2) is 48.2 Å². The molecule has 5 nitrogen and oxygen atoms in total. The maximum absolute atomic E-state index is 12.4. The van der Waals surface area contributed by atoms with Crippen LogP contribution in [0.2, 0.25) is 0 Å². The third kappa shape index (κ3) is 4.46. The van der Waals surface area contributed by atoms with Gasteiger partial charge in [-0.15, -0.1) is 0 Å². The second kappa shape index (κ2) is 6.79. The first kappa shape index (κ1) is 15.8. The Morgan fingerprint density at radius 1 is 1.39 bits per heavy atom. The Hall–Kier alpha value is -0.240. The van der Waals surface area contributed by atoms with Gasteiger partial charge in [-0.05, 0) is 18.8 Å². The highest BCUT2D eigenvalue weighted by Gasteiger charge is 2.31. The highest BCUT2D eigenvalue weighted by Crippen LogP contribution is 2.18. The second-order valence-corrected chi connectivity index (χ2v) is 7.53. The smallest absolute Gasteiger partial charge is 0.281 e. The molecule has 0 atom stereocenters. The topological polar surface area (TPSA) is 66.6 Å². The van der Waals surface area contributed by atoms with Gasteiger partial charge in [0.1, 0.15) is 0 Å². The molecule has 0 aromatic heterocycles. The van der Waals surface area contributed by atoms with E-state index in [0.29, 0.717) is 37.6 Å². The summed E-state index contributed by atoms with van der Waals surface area (Å²) in [5.41, 5.74) is 5.46. The van der Waals surface area contributed by atoms with Crippen LogP contribution >= 0.6 is 12.2 Å². The van der Waals surface area contributed by atoms with Gasteiger partial charge in [-0.2, -0.15) is 17.0 Å². The number of hydrogen-bond acceptors (Lipinski definition) is 3. The normalized spacial score (nSPS) is 17.8. The van der Waals surface area contributed by atoms with Crippen molar-refractivity contribution < 1.29 is 8.42 Å². The van der Waals surface area contributed by atoms with E-state index in [-0.39, 0.29) is 5.92 Å². The van der Waals surface area contributed by atoms with Crippen LogP contribution in [0, 0.1) is 5.92 Å². The zero-order chi connectivity index (χ0) is 13.8. The lowest BCUT2D eigenvalue weighted by molar-refractivity contribution is 0.337. The molecule has 0 aromatic carbocycles. The second-order valence-electron chi connectivity index (χ2n) is 5.08. The van der Waals surface area contributed by atoms with Crippen LogP contribution in [0.25, 0.3) is 0 Å². The molecule has 0 saturated carbocycles. The van der Waals surface area contributed by atoms with Gasteiger partial charge in [-0.25, -0.2) is 0 Å². The van der Waals surface area contributed by atoms with Gasteiger partial charge in [0.25, 0.3) is 10.2 Å². The van der Waals surface area contributed by atoms with E-state index in [1.807, 2.05) is 13.8 Å². The van der Waals surface area contributed by atoms with Gasteiger partial charge < -0.3 is 5.73 Å². The number of rotatable bonds is 7. The number of nitrogens with two attached hydrogens (primary N) is 1. The van der Waals surface area contributed by atoms with Gasteiger partial charge in [-0.1, -0.05) is 26.1 Å². The first-order chi connectivity index (χ1) is 8.34. The Bertz CT molecular complexity index is 376. The number of nitrogens with zero attached hydrogens (tertiary/aromatic N) is 2. The fourth-order valence-corrected chi connectivity index (χ4v) is 3.97. The lowest BCUT2D eigenvalue weighted by atomic mass is 10.2. The predicted molar refractivity (Wildman–Crippen MR) is 77.5 cm³/mol. The van der Waals surface area contributed by atoms with Gasteiger partial charge in [0.05, 0.1) is 4.99 Å². The Morgan fingerprint density at radius 2 is 1.94 bits per heavy atom. The maximum atomic E-state index is 12.4. The molecule has 7 heteroatoms. The third-order valence-corrected chi connectivity index (χ3v) is 5.10. The van der Waals surface area contributed by atoms with Gasteiger partial charge >= 0.3 is 0 Å². The summed E-state index contributed by atoms with van der Waals surface area (Å²) in [6.45, 7) is 6.17. The Morgan fingerprint density at radius 3 is 2.39 bits per heavy atom. The fourth-order valence-electron chi connectivity index (χ4n) is 2.03. The molecule has 1 rings (SSSR count). The maximum Gasteiger partial charge on any atom is 0.281 e. The van der Waals surface area contributed by atoms with Crippen LogP contribution in [0.3, 0.4) is 0 Å². The van der Waals surface area contributed by atoms with Gasteiger partial charge in [-0.3, -0.25) is 0 Å². The van der Waals surface area contributed by atoms with Gasteiger partial charge in [0, 0.05) is 32.6 Å². The minimum atomic E-state index is -3.34. The van der Waals surface area contributed by atoms with Crippen LogP contribution in [0.4, 0.5) is 0 Å². The van der Waals surface area contributed by atoms with Crippen molar-refractivity contribution in [1.29, 1.82) is 0 Å². The quantitative estimate of drug-likeness (QED) is 0.710. The van der Waals surface area contributed by atoms with Crippen molar-refractivity contribution in [3.63, 3.8) is 0 Å². The predicted octanol–water partition coefficient (Wildman–Crippen LogP) is 0.961. The van der Waals surface area contributed by atoms with Gasteiger partial charge in [0.2, 0.25) is 0 Å². The van der Waals surface area contributed by atoms with E-state index in [1.54, 1.807) is 4.31 Å². The molecule has 106 valence electrons. The van der Waals surface area contributed by atoms with Crippen molar-refractivity contribution >= 4 is 27.4 Å². The van der Waals surface area contributed by atoms with Crippen molar-refractivity contribution in [3.8, 4) is 0 Å². The first-order valence-electron chi connectivity index (χ1n) is 6.37. The molecule has 0 bridgehead atoms. The molecule has 0 aromatic rings. The summed E-state index contributed by atoms with van der Waals surface area (Å²) in [7, 11) is -3.34. The molecule has 0 aliphatic carbocycles. The molecular weight excluding hydrogens is 270 g/mol. The van der Waals surface area contributed by atoms with Crippen LogP contribution in [0.1, 0.15) is 33.1 Å². The van der Waals surface area contributed by atoms with Crippen molar-refractivity contribution in [2.24, 2.45) is 11.7 Å². The molecule has 1 fully saturated rings. The zero-order valence-corrected chi connectivity index (χ0v) is 12.8. The van der Waals surface area contributed by atoms with E-state index in [1.165, 1.54) is 4.31 Å². The van der Waals surface area contributed by atoms with Crippen molar-refractivity contribution in [3.05, 3.63) is 0 Å². The molecule has 0 unspecified atom stereocenters. The SMILES string of the molecule is CC(C)CN(CCC(N)=S)S(=O)(=O)N1CCCC1. The average molecular weight is 293 g/mol. The van der Waals surface area contributed by atoms with Crippen LogP contribution < -0.4 is 5.73 Å². The largest absolute Gasteiger partial charge is 0.393 e. The summed E-state index contributed by atoms with van der Waals surface area (Å²) in [4.78, 5) is 0.361. The number of hydrogen-bond donors (Lipinski definition) is 1.